The molecule has 0 aromatic carbocycles. The smallest absolute Gasteiger partial charge is 0.220 e. The maximum absolute atomic E-state index is 13.4. The van der Waals surface area contributed by atoms with Gasteiger partial charge >= 0.3 is 0 Å². The largest absolute Gasteiger partial charge is 0.394 e. The van der Waals surface area contributed by atoms with Crippen molar-refractivity contribution in [2.45, 2.75) is 383 Å². The fraction of sp³-hybridized carbons (Fsp3) is 0.875. The first-order valence-corrected chi connectivity index (χ1v) is 35.9. The number of unbranched alkanes of at least 4 members (excludes halogenated alkanes) is 38. The highest BCUT2D eigenvalue weighted by molar-refractivity contribution is 5.76. The molecule has 2 aliphatic heterocycles. The Bertz CT molecular complexity index is 1630. The number of rotatable bonds is 59. The number of amides is 1. The van der Waals surface area contributed by atoms with E-state index in [1.807, 2.05) is 0 Å². The van der Waals surface area contributed by atoms with Crippen LogP contribution in [0.4, 0.5) is 0 Å². The molecule has 2 fully saturated rings. The summed E-state index contributed by atoms with van der Waals surface area (Å²) in [5.74, 6) is -0.206. The van der Waals surface area contributed by atoms with Crippen molar-refractivity contribution in [3.8, 4) is 0 Å². The lowest BCUT2D eigenvalue weighted by atomic mass is 9.97. The van der Waals surface area contributed by atoms with Crippen molar-refractivity contribution < 1.29 is 64.6 Å². The lowest BCUT2D eigenvalue weighted by Crippen LogP contribution is -2.65. The van der Waals surface area contributed by atoms with Gasteiger partial charge < -0.3 is 65.1 Å². The van der Waals surface area contributed by atoms with Crippen LogP contribution in [0.2, 0.25) is 0 Å². The van der Waals surface area contributed by atoms with Crippen LogP contribution in [0.3, 0.4) is 0 Å². The summed E-state index contributed by atoms with van der Waals surface area (Å²) in [6.07, 6.45) is 56.9. The maximum atomic E-state index is 13.4. The lowest BCUT2D eigenvalue weighted by Gasteiger charge is -2.46. The molecule has 14 nitrogen and oxygen atoms in total. The van der Waals surface area contributed by atoms with Crippen LogP contribution in [0, 0.1) is 0 Å². The van der Waals surface area contributed by atoms with Crippen molar-refractivity contribution >= 4 is 5.91 Å². The van der Waals surface area contributed by atoms with Crippen LogP contribution in [0.15, 0.2) is 48.6 Å². The second-order valence-electron chi connectivity index (χ2n) is 25.3. The Morgan fingerprint density at radius 3 is 1.23 bits per heavy atom. The molecule has 14 heteroatoms. The Labute approximate surface area is 524 Å². The second kappa shape index (κ2) is 56.9. The zero-order chi connectivity index (χ0) is 62.3. The minimum atomic E-state index is -1.78. The first kappa shape index (κ1) is 80.0. The summed E-state index contributed by atoms with van der Waals surface area (Å²) in [5.41, 5.74) is 0. The number of nitrogens with one attached hydrogen (secondary N) is 1. The lowest BCUT2D eigenvalue weighted by molar-refractivity contribution is -0.359. The van der Waals surface area contributed by atoms with Crippen LogP contribution in [-0.2, 0) is 23.7 Å². The quantitative estimate of drug-likeness (QED) is 0.0204. The van der Waals surface area contributed by atoms with Gasteiger partial charge in [0.1, 0.15) is 48.8 Å². The third-order valence-electron chi connectivity index (χ3n) is 17.6. The van der Waals surface area contributed by atoms with Crippen LogP contribution < -0.4 is 5.32 Å². The van der Waals surface area contributed by atoms with Crippen molar-refractivity contribution in [1.29, 1.82) is 0 Å². The number of hydrogen-bond acceptors (Lipinski definition) is 13. The molecule has 0 bridgehead atoms. The summed E-state index contributed by atoms with van der Waals surface area (Å²) in [6.45, 7) is 2.79. The fourth-order valence-electron chi connectivity index (χ4n) is 11.9. The molecule has 86 heavy (non-hydrogen) atoms. The van der Waals surface area contributed by atoms with Crippen LogP contribution in [-0.4, -0.2) is 140 Å². The van der Waals surface area contributed by atoms with Gasteiger partial charge in [-0.05, 0) is 51.4 Å². The zero-order valence-corrected chi connectivity index (χ0v) is 54.8. The Hall–Kier alpha value is -2.05. The van der Waals surface area contributed by atoms with Gasteiger partial charge in [-0.25, -0.2) is 0 Å². The van der Waals surface area contributed by atoms with Gasteiger partial charge in [0.15, 0.2) is 12.6 Å². The van der Waals surface area contributed by atoms with Crippen LogP contribution in [0.5, 0.6) is 0 Å². The molecule has 2 heterocycles. The highest BCUT2D eigenvalue weighted by atomic mass is 16.7. The molecule has 0 aromatic heterocycles. The Balaban J connectivity index is 1.66. The maximum Gasteiger partial charge on any atom is 0.220 e. The van der Waals surface area contributed by atoms with Gasteiger partial charge in [0, 0.05) is 6.42 Å². The summed E-state index contributed by atoms with van der Waals surface area (Å²) in [4.78, 5) is 13.4. The second-order valence-corrected chi connectivity index (χ2v) is 25.3. The molecular formula is C72H133NO13. The van der Waals surface area contributed by atoms with E-state index in [4.69, 9.17) is 18.9 Å². The van der Waals surface area contributed by atoms with Gasteiger partial charge in [0.05, 0.1) is 32.0 Å². The molecule has 0 saturated carbocycles. The standard InChI is InChI=1S/C72H133NO13/c1-3-5-7-9-11-13-15-17-19-21-23-25-27-29-30-32-33-35-37-39-41-43-45-47-49-51-53-55-61(76)60(59-83-71-69(82)67(80)70(63(58-75)85-71)86-72-68(81)66(79)65(78)62(57-74)84-72)73-64(77)56-54-52-50-48-46-44-42-40-38-36-34-31-28-26-24-22-20-18-16-14-12-10-8-6-4-2/h6,8,12,14,18,20,24,26,60-63,65-72,74-76,78-82H,3-5,7,9-11,13,15-17,19,21-23,25,27-59H2,1-2H3,(H,73,77)/b8-6-,14-12-,20-18-,26-24-. The van der Waals surface area contributed by atoms with Gasteiger partial charge in [-0.1, -0.05) is 300 Å². The Kier molecular flexibility index (Phi) is 53.0. The normalized spacial score (nSPS) is 23.7. The molecule has 2 aliphatic rings. The van der Waals surface area contributed by atoms with E-state index in [9.17, 15) is 45.6 Å². The van der Waals surface area contributed by atoms with E-state index in [0.29, 0.717) is 12.8 Å². The average molecular weight is 1220 g/mol. The molecule has 0 aromatic rings. The van der Waals surface area contributed by atoms with Crippen molar-refractivity contribution in [3.63, 3.8) is 0 Å². The van der Waals surface area contributed by atoms with Crippen molar-refractivity contribution in [1.82, 2.24) is 5.32 Å². The first-order chi connectivity index (χ1) is 42.1. The van der Waals surface area contributed by atoms with Crippen LogP contribution in [0.25, 0.3) is 0 Å². The predicted molar refractivity (Wildman–Crippen MR) is 351 cm³/mol. The number of carbonyl (C=O) groups excluding carboxylic acids is 1. The summed E-state index contributed by atoms with van der Waals surface area (Å²) in [6, 6.07) is -0.833. The fourth-order valence-corrected chi connectivity index (χ4v) is 11.9. The Morgan fingerprint density at radius 2 is 0.802 bits per heavy atom. The van der Waals surface area contributed by atoms with Gasteiger partial charge in [0.25, 0.3) is 0 Å². The predicted octanol–water partition coefficient (Wildman–Crippen LogP) is 14.7. The van der Waals surface area contributed by atoms with E-state index in [2.05, 4.69) is 67.8 Å². The average Bonchev–Trinajstić information content (AvgIpc) is 2.54. The number of ether oxygens (including phenoxy) is 4. The highest BCUT2D eigenvalue weighted by Crippen LogP contribution is 2.30. The highest BCUT2D eigenvalue weighted by Gasteiger charge is 2.51. The molecule has 0 spiro atoms. The van der Waals surface area contributed by atoms with Gasteiger partial charge in [0.2, 0.25) is 5.91 Å². The van der Waals surface area contributed by atoms with Crippen LogP contribution >= 0.6 is 0 Å². The molecule has 12 atom stereocenters. The number of aliphatic hydroxyl groups excluding tert-OH is 8. The molecule has 0 aliphatic carbocycles. The third kappa shape index (κ3) is 40.6. The zero-order valence-electron chi connectivity index (χ0n) is 54.8. The van der Waals surface area contributed by atoms with E-state index < -0.39 is 86.8 Å². The van der Waals surface area contributed by atoms with E-state index in [1.165, 1.54) is 199 Å². The summed E-state index contributed by atoms with van der Waals surface area (Å²) in [5, 5.41) is 87.7. The molecule has 2 saturated heterocycles. The van der Waals surface area contributed by atoms with Gasteiger partial charge in [-0.3, -0.25) is 4.79 Å². The number of allylic oxidation sites excluding steroid dienone is 8. The third-order valence-corrected chi connectivity index (χ3v) is 17.6. The summed E-state index contributed by atoms with van der Waals surface area (Å²) in [7, 11) is 0. The minimum absolute atomic E-state index is 0.206. The van der Waals surface area contributed by atoms with Crippen molar-refractivity contribution in [2.24, 2.45) is 0 Å². The topological polar surface area (TPSA) is 228 Å². The van der Waals surface area contributed by atoms with E-state index in [-0.39, 0.29) is 12.5 Å². The summed E-state index contributed by atoms with van der Waals surface area (Å²) >= 11 is 0. The molecule has 12 unspecified atom stereocenters. The number of aliphatic hydroxyl groups is 8. The van der Waals surface area contributed by atoms with Crippen LogP contribution in [0.1, 0.15) is 309 Å². The molecular weight excluding hydrogens is 1090 g/mol. The first-order valence-electron chi connectivity index (χ1n) is 35.9. The van der Waals surface area contributed by atoms with Gasteiger partial charge in [-0.2, -0.15) is 0 Å². The monoisotopic (exact) mass is 1220 g/mol. The molecule has 2 rings (SSSR count). The summed E-state index contributed by atoms with van der Waals surface area (Å²) < 4.78 is 22.9. The van der Waals surface area contributed by atoms with Gasteiger partial charge in [-0.15, -0.1) is 0 Å². The molecule has 504 valence electrons. The van der Waals surface area contributed by atoms with E-state index in [1.54, 1.807) is 0 Å². The van der Waals surface area contributed by atoms with E-state index in [0.717, 1.165) is 83.5 Å². The van der Waals surface area contributed by atoms with Crippen molar-refractivity contribution in [2.75, 3.05) is 19.8 Å². The van der Waals surface area contributed by atoms with E-state index >= 15 is 0 Å². The number of carbonyl (C=O) groups is 1. The molecule has 0 radical (unpaired) electrons. The Morgan fingerprint density at radius 1 is 0.430 bits per heavy atom. The number of hydrogen-bond donors (Lipinski definition) is 9. The minimum Gasteiger partial charge on any atom is -0.394 e. The van der Waals surface area contributed by atoms with Crippen molar-refractivity contribution in [3.05, 3.63) is 48.6 Å². The molecule has 9 N–H and O–H groups in total. The molecule has 1 amide bonds. The SMILES string of the molecule is CC/C=C\C/C=C\C/C=C\C/C=C\CCCCCCCCCCCCCCC(=O)NC(COC1OC(CO)C(OC2OC(CO)C(O)C(O)C2O)C(O)C1O)C(O)CCCCCCCCCCCCCCCCCCCCCCCCCCCCC.